The smallest absolute Gasteiger partial charge is 0.0641 e. The van der Waals surface area contributed by atoms with E-state index in [0.29, 0.717) is 0 Å². The number of hydrogen-bond donors (Lipinski definition) is 1. The van der Waals surface area contributed by atoms with Crippen molar-refractivity contribution in [2.75, 3.05) is 37.7 Å². The molecule has 1 aromatic carbocycles. The molecule has 88 valence electrons. The predicted octanol–water partition coefficient (Wildman–Crippen LogP) is 1.63. The van der Waals surface area contributed by atoms with Gasteiger partial charge in [0, 0.05) is 38.5 Å². The summed E-state index contributed by atoms with van der Waals surface area (Å²) in [5.41, 5.74) is 2.74. The zero-order valence-electron chi connectivity index (χ0n) is 9.91. The van der Waals surface area contributed by atoms with Gasteiger partial charge in [-0.05, 0) is 18.6 Å². The van der Waals surface area contributed by atoms with Crippen LogP contribution in [0.2, 0.25) is 0 Å². The first-order chi connectivity index (χ1) is 7.92. The molecule has 16 heavy (non-hydrogen) atoms. The number of hydrogen-bond acceptors (Lipinski definition) is 3. The summed E-state index contributed by atoms with van der Waals surface area (Å²) in [6, 6.07) is 8.61. The van der Waals surface area contributed by atoms with Crippen molar-refractivity contribution in [3.8, 4) is 0 Å². The molecule has 0 saturated heterocycles. The van der Waals surface area contributed by atoms with Gasteiger partial charge in [0.15, 0.2) is 0 Å². The molecule has 1 aliphatic rings. The van der Waals surface area contributed by atoms with Crippen molar-refractivity contribution < 1.29 is 4.74 Å². The lowest BCUT2D eigenvalue weighted by Gasteiger charge is -2.24. The summed E-state index contributed by atoms with van der Waals surface area (Å²) in [6.07, 6.45) is 0. The van der Waals surface area contributed by atoms with E-state index >= 15 is 0 Å². The van der Waals surface area contributed by atoms with E-state index in [0.717, 1.165) is 39.4 Å². The van der Waals surface area contributed by atoms with Crippen molar-refractivity contribution in [2.45, 2.75) is 13.5 Å². The third-order valence-electron chi connectivity index (χ3n) is 2.92. The zero-order valence-corrected chi connectivity index (χ0v) is 9.91. The number of ether oxygens (including phenoxy) is 1. The van der Waals surface area contributed by atoms with Crippen LogP contribution in [0.1, 0.15) is 12.5 Å². The second-order valence-electron chi connectivity index (χ2n) is 3.99. The molecule has 0 amide bonds. The van der Waals surface area contributed by atoms with Crippen LogP contribution in [-0.4, -0.2) is 32.8 Å². The Hall–Kier alpha value is -1.06. The highest BCUT2D eigenvalue weighted by atomic mass is 16.5. The first-order valence-corrected chi connectivity index (χ1v) is 6.03. The molecule has 0 aliphatic carbocycles. The van der Waals surface area contributed by atoms with E-state index in [9.17, 15) is 0 Å². The molecule has 0 bridgehead atoms. The minimum absolute atomic E-state index is 0.799. The van der Waals surface area contributed by atoms with Crippen molar-refractivity contribution in [1.82, 2.24) is 5.32 Å². The number of rotatable bonds is 4. The van der Waals surface area contributed by atoms with Crippen molar-refractivity contribution in [2.24, 2.45) is 0 Å². The minimum Gasteiger partial charge on any atom is -0.380 e. The number of nitrogens with one attached hydrogen (secondary N) is 1. The van der Waals surface area contributed by atoms with Gasteiger partial charge in [-0.25, -0.2) is 0 Å². The Balaban J connectivity index is 2.06. The highest BCUT2D eigenvalue weighted by Crippen LogP contribution is 2.21. The summed E-state index contributed by atoms with van der Waals surface area (Å²) in [7, 11) is 0. The standard InChI is InChI=1S/C13H20N2O/c1-2-16-10-9-15-8-7-14-11-12-5-3-4-6-13(12)15/h3-6,14H,2,7-11H2,1H3. The summed E-state index contributed by atoms with van der Waals surface area (Å²) in [4.78, 5) is 2.41. The molecule has 1 N–H and O–H groups in total. The van der Waals surface area contributed by atoms with Crippen LogP contribution in [0, 0.1) is 0 Å². The largest absolute Gasteiger partial charge is 0.380 e. The molecular formula is C13H20N2O. The van der Waals surface area contributed by atoms with Crippen LogP contribution < -0.4 is 10.2 Å². The predicted molar refractivity (Wildman–Crippen MR) is 66.9 cm³/mol. The van der Waals surface area contributed by atoms with Crippen LogP contribution in [0.25, 0.3) is 0 Å². The third kappa shape index (κ3) is 2.74. The van der Waals surface area contributed by atoms with Crippen molar-refractivity contribution in [1.29, 1.82) is 0 Å². The van der Waals surface area contributed by atoms with E-state index in [1.807, 2.05) is 6.92 Å². The molecule has 0 saturated carbocycles. The first-order valence-electron chi connectivity index (χ1n) is 6.03. The minimum atomic E-state index is 0.799. The van der Waals surface area contributed by atoms with Gasteiger partial charge in [0.25, 0.3) is 0 Å². The van der Waals surface area contributed by atoms with Gasteiger partial charge in [-0.1, -0.05) is 18.2 Å². The average molecular weight is 220 g/mol. The maximum atomic E-state index is 5.43. The van der Waals surface area contributed by atoms with Crippen LogP contribution in [0.4, 0.5) is 5.69 Å². The van der Waals surface area contributed by atoms with Crippen LogP contribution in [-0.2, 0) is 11.3 Å². The van der Waals surface area contributed by atoms with Gasteiger partial charge in [-0.15, -0.1) is 0 Å². The van der Waals surface area contributed by atoms with Gasteiger partial charge < -0.3 is 15.0 Å². The summed E-state index contributed by atoms with van der Waals surface area (Å²) in [6.45, 7) is 7.70. The van der Waals surface area contributed by atoms with Gasteiger partial charge >= 0.3 is 0 Å². The number of para-hydroxylation sites is 1. The summed E-state index contributed by atoms with van der Waals surface area (Å²) >= 11 is 0. The number of anilines is 1. The number of benzene rings is 1. The molecule has 0 aromatic heterocycles. The fraction of sp³-hybridized carbons (Fsp3) is 0.538. The van der Waals surface area contributed by atoms with Crippen molar-refractivity contribution >= 4 is 5.69 Å². The summed E-state index contributed by atoms with van der Waals surface area (Å²) in [5, 5.41) is 3.44. The van der Waals surface area contributed by atoms with Crippen LogP contribution in [0.15, 0.2) is 24.3 Å². The maximum absolute atomic E-state index is 5.43. The van der Waals surface area contributed by atoms with Gasteiger partial charge in [-0.3, -0.25) is 0 Å². The fourth-order valence-electron chi connectivity index (χ4n) is 2.08. The Labute approximate surface area is 97.4 Å². The molecule has 0 atom stereocenters. The molecule has 0 unspecified atom stereocenters. The molecule has 1 aliphatic heterocycles. The van der Waals surface area contributed by atoms with Crippen molar-refractivity contribution in [3.05, 3.63) is 29.8 Å². The highest BCUT2D eigenvalue weighted by molar-refractivity contribution is 5.54. The molecule has 3 nitrogen and oxygen atoms in total. The Bertz CT molecular complexity index is 327. The molecule has 0 spiro atoms. The van der Waals surface area contributed by atoms with Gasteiger partial charge in [0.2, 0.25) is 0 Å². The Morgan fingerprint density at radius 3 is 3.12 bits per heavy atom. The van der Waals surface area contributed by atoms with E-state index in [4.69, 9.17) is 4.74 Å². The molecule has 0 fully saturated rings. The van der Waals surface area contributed by atoms with E-state index in [2.05, 4.69) is 34.5 Å². The monoisotopic (exact) mass is 220 g/mol. The lowest BCUT2D eigenvalue weighted by Crippen LogP contribution is -2.31. The fourth-order valence-corrected chi connectivity index (χ4v) is 2.08. The lowest BCUT2D eigenvalue weighted by atomic mass is 10.1. The third-order valence-corrected chi connectivity index (χ3v) is 2.92. The Morgan fingerprint density at radius 2 is 2.25 bits per heavy atom. The van der Waals surface area contributed by atoms with E-state index in [-0.39, 0.29) is 0 Å². The molecule has 2 rings (SSSR count). The SMILES string of the molecule is CCOCCN1CCNCc2ccccc21. The highest BCUT2D eigenvalue weighted by Gasteiger charge is 2.13. The normalized spacial score (nSPS) is 15.7. The average Bonchev–Trinajstić information content (AvgIpc) is 2.52. The van der Waals surface area contributed by atoms with Gasteiger partial charge in [0.05, 0.1) is 6.61 Å². The summed E-state index contributed by atoms with van der Waals surface area (Å²) in [5.74, 6) is 0. The number of fused-ring (bicyclic) bond motifs is 1. The second kappa shape index (κ2) is 5.87. The molecule has 0 radical (unpaired) electrons. The van der Waals surface area contributed by atoms with Crippen LogP contribution >= 0.6 is 0 Å². The zero-order chi connectivity index (χ0) is 11.2. The Morgan fingerprint density at radius 1 is 1.38 bits per heavy atom. The topological polar surface area (TPSA) is 24.5 Å². The summed E-state index contributed by atoms with van der Waals surface area (Å²) < 4.78 is 5.43. The molecular weight excluding hydrogens is 200 g/mol. The first kappa shape index (κ1) is 11.4. The molecule has 1 heterocycles. The van der Waals surface area contributed by atoms with E-state index < -0.39 is 0 Å². The quantitative estimate of drug-likeness (QED) is 0.781. The van der Waals surface area contributed by atoms with Crippen LogP contribution in [0.5, 0.6) is 0 Å². The number of nitrogens with zero attached hydrogens (tertiary/aromatic N) is 1. The van der Waals surface area contributed by atoms with Crippen molar-refractivity contribution in [3.63, 3.8) is 0 Å². The van der Waals surface area contributed by atoms with Gasteiger partial charge in [-0.2, -0.15) is 0 Å². The van der Waals surface area contributed by atoms with E-state index in [1.165, 1.54) is 11.3 Å². The second-order valence-corrected chi connectivity index (χ2v) is 3.99. The van der Waals surface area contributed by atoms with E-state index in [1.54, 1.807) is 0 Å². The van der Waals surface area contributed by atoms with Gasteiger partial charge in [0.1, 0.15) is 0 Å². The van der Waals surface area contributed by atoms with Crippen LogP contribution in [0.3, 0.4) is 0 Å². The molecule has 1 aromatic rings. The molecule has 3 heteroatoms. The lowest BCUT2D eigenvalue weighted by molar-refractivity contribution is 0.154. The maximum Gasteiger partial charge on any atom is 0.0641 e. The Kier molecular flexibility index (Phi) is 4.19.